The third-order valence-electron chi connectivity index (χ3n) is 3.75. The number of hydrogen-bond donors (Lipinski definition) is 2. The van der Waals surface area contributed by atoms with E-state index in [1.165, 1.54) is 33.1 Å². The zero-order valence-corrected chi connectivity index (χ0v) is 15.5. The van der Waals surface area contributed by atoms with Gasteiger partial charge in [-0.25, -0.2) is 0 Å². The second-order valence-corrected chi connectivity index (χ2v) is 6.21. The Balaban J connectivity index is 4.01. The van der Waals surface area contributed by atoms with Gasteiger partial charge in [-0.15, -0.1) is 0 Å². The topological polar surface area (TPSA) is 84.9 Å². The van der Waals surface area contributed by atoms with Gasteiger partial charge in [0.25, 0.3) is 0 Å². The van der Waals surface area contributed by atoms with Crippen molar-refractivity contribution in [2.24, 2.45) is 0 Å². The zero-order chi connectivity index (χ0) is 18.2. The van der Waals surface area contributed by atoms with E-state index >= 15 is 0 Å². The summed E-state index contributed by atoms with van der Waals surface area (Å²) in [4.78, 5) is 22.3. The van der Waals surface area contributed by atoms with Crippen LogP contribution in [0.2, 0.25) is 0 Å². The molecule has 24 heavy (non-hydrogen) atoms. The van der Waals surface area contributed by atoms with Crippen molar-refractivity contribution in [2.45, 2.75) is 84.3 Å². The minimum atomic E-state index is -0.259. The first-order valence-corrected chi connectivity index (χ1v) is 9.12. The lowest BCUT2D eigenvalue weighted by atomic mass is 10.1. The smallest absolute Gasteiger partial charge is 0.302 e. The van der Waals surface area contributed by atoms with Crippen molar-refractivity contribution in [3.63, 3.8) is 0 Å². The lowest BCUT2D eigenvalue weighted by molar-refractivity contribution is -0.147. The molecule has 0 unspecified atom stereocenters. The van der Waals surface area contributed by atoms with E-state index in [2.05, 4.69) is 12.2 Å². The van der Waals surface area contributed by atoms with E-state index in [0.29, 0.717) is 26.1 Å². The summed E-state index contributed by atoms with van der Waals surface area (Å²) in [5.41, 5.74) is 0. The lowest BCUT2D eigenvalue weighted by Gasteiger charge is -2.19. The molecule has 0 aliphatic carbocycles. The fourth-order valence-electron chi connectivity index (χ4n) is 2.55. The van der Waals surface area contributed by atoms with Crippen LogP contribution >= 0.6 is 0 Å². The number of amides is 1. The molecule has 2 atom stereocenters. The number of nitrogens with one attached hydrogen (secondary N) is 1. The van der Waals surface area contributed by atoms with E-state index in [0.717, 1.165) is 19.3 Å². The van der Waals surface area contributed by atoms with Crippen LogP contribution in [0.3, 0.4) is 0 Å². The number of aliphatic hydroxyl groups excluding tert-OH is 1. The quantitative estimate of drug-likeness (QED) is 0.352. The molecule has 142 valence electrons. The molecule has 0 bridgehead atoms. The van der Waals surface area contributed by atoms with E-state index in [4.69, 9.17) is 14.6 Å². The predicted molar refractivity (Wildman–Crippen MR) is 93.7 cm³/mol. The number of ether oxygens (including phenoxy) is 2. The van der Waals surface area contributed by atoms with Gasteiger partial charge in [0.1, 0.15) is 6.10 Å². The summed E-state index contributed by atoms with van der Waals surface area (Å²) >= 11 is 0. The normalized spacial score (nSPS) is 13.3. The highest BCUT2D eigenvalue weighted by Gasteiger charge is 2.13. The van der Waals surface area contributed by atoms with Crippen LogP contribution in [0, 0.1) is 0 Å². The van der Waals surface area contributed by atoms with Crippen molar-refractivity contribution in [1.82, 2.24) is 5.32 Å². The Labute approximate surface area is 146 Å². The largest absolute Gasteiger partial charge is 0.462 e. The van der Waals surface area contributed by atoms with E-state index < -0.39 is 0 Å². The number of rotatable bonds is 15. The number of unbranched alkanes of at least 4 members (excludes halogenated alkanes) is 4. The molecule has 6 heteroatoms. The average molecular weight is 345 g/mol. The molecule has 0 saturated carbocycles. The van der Waals surface area contributed by atoms with Gasteiger partial charge in [0.2, 0.25) is 5.91 Å². The molecule has 0 fully saturated rings. The molecule has 0 radical (unpaired) electrons. The molecule has 2 N–H and O–H groups in total. The van der Waals surface area contributed by atoms with Crippen molar-refractivity contribution < 1.29 is 24.2 Å². The average Bonchev–Trinajstić information content (AvgIpc) is 2.50. The second-order valence-electron chi connectivity index (χ2n) is 6.21. The monoisotopic (exact) mass is 345 g/mol. The Hall–Kier alpha value is -1.14. The number of carbonyl (C=O) groups is 2. The first-order chi connectivity index (χ1) is 11.5. The van der Waals surface area contributed by atoms with Gasteiger partial charge in [-0.05, 0) is 19.3 Å². The minimum Gasteiger partial charge on any atom is -0.462 e. The van der Waals surface area contributed by atoms with Crippen LogP contribution in [0.4, 0.5) is 0 Å². The van der Waals surface area contributed by atoms with E-state index in [-0.39, 0.29) is 30.6 Å². The van der Waals surface area contributed by atoms with Crippen molar-refractivity contribution in [3.05, 3.63) is 0 Å². The molecule has 0 aliphatic heterocycles. The number of hydrogen-bond acceptors (Lipinski definition) is 5. The Kier molecular flexibility index (Phi) is 14.7. The first-order valence-electron chi connectivity index (χ1n) is 9.12. The first kappa shape index (κ1) is 22.9. The Morgan fingerprint density at radius 3 is 2.33 bits per heavy atom. The lowest BCUT2D eigenvalue weighted by Crippen LogP contribution is -2.37. The molecule has 0 spiro atoms. The molecule has 0 aromatic carbocycles. The van der Waals surface area contributed by atoms with Crippen LogP contribution in [-0.4, -0.2) is 48.9 Å². The summed E-state index contributed by atoms with van der Waals surface area (Å²) in [6.45, 7) is 5.88. The minimum absolute atomic E-state index is 0.00212. The summed E-state index contributed by atoms with van der Waals surface area (Å²) < 4.78 is 10.9. The summed E-state index contributed by atoms with van der Waals surface area (Å²) in [6, 6.07) is -0.186. The molecule has 1 amide bonds. The van der Waals surface area contributed by atoms with Crippen molar-refractivity contribution in [2.75, 3.05) is 19.8 Å². The van der Waals surface area contributed by atoms with Crippen molar-refractivity contribution in [3.8, 4) is 0 Å². The van der Waals surface area contributed by atoms with Gasteiger partial charge >= 0.3 is 5.97 Å². The van der Waals surface area contributed by atoms with Crippen LogP contribution in [0.1, 0.15) is 72.1 Å². The number of aliphatic hydroxyl groups is 1. The number of esters is 1. The summed E-state index contributed by atoms with van der Waals surface area (Å²) in [6.07, 6.45) is 7.76. The van der Waals surface area contributed by atoms with E-state index in [9.17, 15) is 9.59 Å². The number of carbonyl (C=O) groups excluding carboxylic acids is 2. The fraction of sp³-hybridized carbons (Fsp3) is 0.889. The highest BCUT2D eigenvalue weighted by Crippen LogP contribution is 2.13. The van der Waals surface area contributed by atoms with Gasteiger partial charge in [-0.3, -0.25) is 9.59 Å². The molecule has 6 nitrogen and oxygen atoms in total. The van der Waals surface area contributed by atoms with Gasteiger partial charge in [-0.2, -0.15) is 0 Å². The van der Waals surface area contributed by atoms with Crippen LogP contribution < -0.4 is 5.32 Å². The molecule has 0 aromatic heterocycles. The predicted octanol–water partition coefficient (Wildman–Crippen LogP) is 2.57. The summed E-state index contributed by atoms with van der Waals surface area (Å²) in [5, 5.41) is 11.7. The molecule has 0 rings (SSSR count). The van der Waals surface area contributed by atoms with E-state index in [1.54, 1.807) is 0 Å². The Morgan fingerprint density at radius 2 is 1.75 bits per heavy atom. The SMILES string of the molecule is CCCCCCC[C@H](CCOC[C@H](CCO)NC(C)=O)OC(C)=O. The Morgan fingerprint density at radius 1 is 1.04 bits per heavy atom. The van der Waals surface area contributed by atoms with E-state index in [1.807, 2.05) is 0 Å². The maximum Gasteiger partial charge on any atom is 0.302 e. The van der Waals surface area contributed by atoms with Gasteiger partial charge in [0, 0.05) is 26.9 Å². The van der Waals surface area contributed by atoms with Crippen LogP contribution in [-0.2, 0) is 19.1 Å². The van der Waals surface area contributed by atoms with Crippen molar-refractivity contribution >= 4 is 11.9 Å². The molecule has 0 saturated heterocycles. The highest BCUT2D eigenvalue weighted by atomic mass is 16.5. The van der Waals surface area contributed by atoms with Gasteiger partial charge in [0.15, 0.2) is 0 Å². The fourth-order valence-corrected chi connectivity index (χ4v) is 2.55. The molecular weight excluding hydrogens is 310 g/mol. The van der Waals surface area contributed by atoms with Crippen LogP contribution in [0.25, 0.3) is 0 Å². The molecule has 0 aliphatic rings. The van der Waals surface area contributed by atoms with Crippen LogP contribution in [0.15, 0.2) is 0 Å². The molecule has 0 aromatic rings. The van der Waals surface area contributed by atoms with Gasteiger partial charge < -0.3 is 19.9 Å². The van der Waals surface area contributed by atoms with Crippen molar-refractivity contribution in [1.29, 1.82) is 0 Å². The highest BCUT2D eigenvalue weighted by molar-refractivity contribution is 5.73. The zero-order valence-electron chi connectivity index (χ0n) is 15.5. The molecule has 0 heterocycles. The third-order valence-corrected chi connectivity index (χ3v) is 3.75. The maximum absolute atomic E-state index is 11.2. The van der Waals surface area contributed by atoms with Gasteiger partial charge in [0.05, 0.1) is 19.3 Å². The second kappa shape index (κ2) is 15.4. The Bertz CT molecular complexity index is 335. The third kappa shape index (κ3) is 14.5. The molecular formula is C18H35NO5. The standard InChI is InChI=1S/C18H35NO5/c1-4-5-6-7-8-9-18(24-16(3)22)11-13-23-14-17(10-12-20)19-15(2)21/h17-18,20H,4-14H2,1-3H3,(H,19,21)/t17-,18+/m0/s1. The maximum atomic E-state index is 11.2. The summed E-state index contributed by atoms with van der Waals surface area (Å²) in [5.74, 6) is -0.396. The van der Waals surface area contributed by atoms with Crippen LogP contribution in [0.5, 0.6) is 0 Å². The van der Waals surface area contributed by atoms with Gasteiger partial charge in [-0.1, -0.05) is 32.6 Å². The summed E-state index contributed by atoms with van der Waals surface area (Å²) in [7, 11) is 0.